The predicted octanol–water partition coefficient (Wildman–Crippen LogP) is 4.03. The topological polar surface area (TPSA) is 50.2 Å². The molecule has 98 valence electrons. The van der Waals surface area contributed by atoms with Gasteiger partial charge in [0.1, 0.15) is 5.03 Å². The minimum absolute atomic E-state index is 0.218. The van der Waals surface area contributed by atoms with Gasteiger partial charge < -0.3 is 5.11 Å². The van der Waals surface area contributed by atoms with Gasteiger partial charge in [-0.05, 0) is 36.2 Å². The van der Waals surface area contributed by atoms with Crippen LogP contribution in [0.2, 0.25) is 5.02 Å². The molecule has 0 aliphatic rings. The normalized spacial score (nSPS) is 10.4. The third kappa shape index (κ3) is 3.49. The number of aromatic nitrogens is 1. The third-order valence-electron chi connectivity index (χ3n) is 2.57. The molecule has 0 radical (unpaired) electrons. The SMILES string of the molecule is Cc1ccc(CSc2ncccc2C(=O)O)c(Cl)c1. The minimum Gasteiger partial charge on any atom is -0.478 e. The van der Waals surface area contributed by atoms with Gasteiger partial charge in [0.15, 0.2) is 0 Å². The van der Waals surface area contributed by atoms with Gasteiger partial charge in [-0.3, -0.25) is 0 Å². The summed E-state index contributed by atoms with van der Waals surface area (Å²) >= 11 is 7.52. The van der Waals surface area contributed by atoms with Gasteiger partial charge in [-0.1, -0.05) is 23.7 Å². The van der Waals surface area contributed by atoms with Crippen molar-refractivity contribution in [1.82, 2.24) is 4.98 Å². The Balaban J connectivity index is 2.17. The van der Waals surface area contributed by atoms with Crippen LogP contribution in [-0.2, 0) is 5.75 Å². The van der Waals surface area contributed by atoms with Crippen LogP contribution < -0.4 is 0 Å². The van der Waals surface area contributed by atoms with Gasteiger partial charge in [0.05, 0.1) is 5.56 Å². The average Bonchev–Trinajstić information content (AvgIpc) is 2.38. The second kappa shape index (κ2) is 6.08. The van der Waals surface area contributed by atoms with E-state index in [1.54, 1.807) is 18.3 Å². The fourth-order valence-corrected chi connectivity index (χ4v) is 2.96. The quantitative estimate of drug-likeness (QED) is 0.865. The van der Waals surface area contributed by atoms with E-state index in [4.69, 9.17) is 16.7 Å². The number of hydrogen-bond acceptors (Lipinski definition) is 3. The molecule has 0 saturated carbocycles. The molecule has 1 aromatic carbocycles. The maximum absolute atomic E-state index is 11.1. The lowest BCUT2D eigenvalue weighted by atomic mass is 10.2. The van der Waals surface area contributed by atoms with E-state index in [2.05, 4.69) is 4.98 Å². The molecule has 0 aliphatic heterocycles. The summed E-state index contributed by atoms with van der Waals surface area (Å²) in [7, 11) is 0. The highest BCUT2D eigenvalue weighted by Gasteiger charge is 2.11. The molecule has 0 bridgehead atoms. The number of thioether (sulfide) groups is 1. The molecule has 19 heavy (non-hydrogen) atoms. The number of carbonyl (C=O) groups is 1. The summed E-state index contributed by atoms with van der Waals surface area (Å²) in [4.78, 5) is 15.2. The fourth-order valence-electron chi connectivity index (χ4n) is 1.58. The average molecular weight is 294 g/mol. The predicted molar refractivity (Wildman–Crippen MR) is 76.9 cm³/mol. The number of hydrogen-bond donors (Lipinski definition) is 1. The summed E-state index contributed by atoms with van der Waals surface area (Å²) in [5.41, 5.74) is 2.29. The van der Waals surface area contributed by atoms with E-state index in [-0.39, 0.29) is 5.56 Å². The molecule has 5 heteroatoms. The highest BCUT2D eigenvalue weighted by Crippen LogP contribution is 2.28. The Morgan fingerprint density at radius 1 is 1.42 bits per heavy atom. The van der Waals surface area contributed by atoms with Crippen LogP contribution in [0.25, 0.3) is 0 Å². The van der Waals surface area contributed by atoms with Gasteiger partial charge in [-0.25, -0.2) is 9.78 Å². The van der Waals surface area contributed by atoms with E-state index in [1.807, 2.05) is 25.1 Å². The Bertz CT molecular complexity index is 616. The first kappa shape index (κ1) is 13.9. The number of aryl methyl sites for hydroxylation is 1. The zero-order valence-electron chi connectivity index (χ0n) is 10.3. The van der Waals surface area contributed by atoms with Crippen LogP contribution in [0.4, 0.5) is 0 Å². The second-order valence-electron chi connectivity index (χ2n) is 4.04. The van der Waals surface area contributed by atoms with Crippen molar-refractivity contribution in [1.29, 1.82) is 0 Å². The van der Waals surface area contributed by atoms with Gasteiger partial charge in [-0.15, -0.1) is 11.8 Å². The Hall–Kier alpha value is -1.52. The Morgan fingerprint density at radius 3 is 2.89 bits per heavy atom. The van der Waals surface area contributed by atoms with Gasteiger partial charge >= 0.3 is 5.97 Å². The van der Waals surface area contributed by atoms with Gasteiger partial charge in [0.25, 0.3) is 0 Å². The van der Waals surface area contributed by atoms with Gasteiger partial charge in [-0.2, -0.15) is 0 Å². The number of halogens is 1. The lowest BCUT2D eigenvalue weighted by Gasteiger charge is -2.06. The summed E-state index contributed by atoms with van der Waals surface area (Å²) in [5.74, 6) is -0.373. The van der Waals surface area contributed by atoms with Gasteiger partial charge in [0, 0.05) is 17.0 Å². The van der Waals surface area contributed by atoms with Crippen LogP contribution >= 0.6 is 23.4 Å². The van der Waals surface area contributed by atoms with Crippen molar-refractivity contribution in [3.8, 4) is 0 Å². The van der Waals surface area contributed by atoms with Crippen LogP contribution in [0, 0.1) is 6.92 Å². The standard InChI is InChI=1S/C14H12ClNO2S/c1-9-4-5-10(12(15)7-9)8-19-13-11(14(17)18)3-2-6-16-13/h2-7H,8H2,1H3,(H,17,18). The largest absolute Gasteiger partial charge is 0.478 e. The zero-order chi connectivity index (χ0) is 13.8. The van der Waals surface area contributed by atoms with Gasteiger partial charge in [0.2, 0.25) is 0 Å². The summed E-state index contributed by atoms with van der Waals surface area (Å²) in [6, 6.07) is 9.00. The maximum Gasteiger partial charge on any atom is 0.338 e. The molecule has 0 aliphatic carbocycles. The zero-order valence-corrected chi connectivity index (χ0v) is 11.8. The molecule has 2 aromatic rings. The monoisotopic (exact) mass is 293 g/mol. The molecule has 0 amide bonds. The van der Waals surface area contributed by atoms with Crippen molar-refractivity contribution >= 4 is 29.3 Å². The molecule has 3 nitrogen and oxygen atoms in total. The molecule has 0 unspecified atom stereocenters. The molecule has 0 atom stereocenters. The first-order chi connectivity index (χ1) is 9.08. The van der Waals surface area contributed by atoms with E-state index < -0.39 is 5.97 Å². The maximum atomic E-state index is 11.1. The number of rotatable bonds is 4. The molecular formula is C14H12ClNO2S. The number of carboxylic acids is 1. The Labute approximate surface area is 120 Å². The first-order valence-corrected chi connectivity index (χ1v) is 7.00. The van der Waals surface area contributed by atoms with Crippen LogP contribution in [0.1, 0.15) is 21.5 Å². The molecule has 2 rings (SSSR count). The highest BCUT2D eigenvalue weighted by atomic mass is 35.5. The van der Waals surface area contributed by atoms with Crippen molar-refractivity contribution in [2.24, 2.45) is 0 Å². The summed E-state index contributed by atoms with van der Waals surface area (Å²) in [6.07, 6.45) is 1.59. The van der Waals surface area contributed by atoms with Crippen LogP contribution in [-0.4, -0.2) is 16.1 Å². The molecule has 0 spiro atoms. The molecule has 1 heterocycles. The number of benzene rings is 1. The van der Waals surface area contributed by atoms with Crippen LogP contribution in [0.3, 0.4) is 0 Å². The minimum atomic E-state index is -0.967. The smallest absolute Gasteiger partial charge is 0.338 e. The molecule has 1 aromatic heterocycles. The van der Waals surface area contributed by atoms with Crippen molar-refractivity contribution in [3.63, 3.8) is 0 Å². The number of nitrogens with zero attached hydrogens (tertiary/aromatic N) is 1. The number of pyridine rings is 1. The van der Waals surface area contributed by atoms with E-state index in [0.717, 1.165) is 11.1 Å². The van der Waals surface area contributed by atoms with Crippen molar-refractivity contribution in [2.45, 2.75) is 17.7 Å². The van der Waals surface area contributed by atoms with Crippen LogP contribution in [0.15, 0.2) is 41.6 Å². The molecule has 0 fully saturated rings. The Kier molecular flexibility index (Phi) is 4.45. The lowest BCUT2D eigenvalue weighted by Crippen LogP contribution is -2.00. The highest BCUT2D eigenvalue weighted by molar-refractivity contribution is 7.98. The summed E-state index contributed by atoms with van der Waals surface area (Å²) < 4.78 is 0. The number of carboxylic acid groups (broad SMARTS) is 1. The van der Waals surface area contributed by atoms with Crippen molar-refractivity contribution in [2.75, 3.05) is 0 Å². The van der Waals surface area contributed by atoms with E-state index in [0.29, 0.717) is 15.8 Å². The van der Waals surface area contributed by atoms with E-state index >= 15 is 0 Å². The molecular weight excluding hydrogens is 282 g/mol. The second-order valence-corrected chi connectivity index (χ2v) is 5.42. The Morgan fingerprint density at radius 2 is 2.21 bits per heavy atom. The third-order valence-corrected chi connectivity index (χ3v) is 3.98. The van der Waals surface area contributed by atoms with Crippen molar-refractivity contribution in [3.05, 3.63) is 58.2 Å². The fraction of sp³-hybridized carbons (Fsp3) is 0.143. The lowest BCUT2D eigenvalue weighted by molar-refractivity contribution is 0.0692. The van der Waals surface area contributed by atoms with Crippen LogP contribution in [0.5, 0.6) is 0 Å². The molecule has 0 saturated heterocycles. The summed E-state index contributed by atoms with van der Waals surface area (Å²) in [5, 5.41) is 10.3. The van der Waals surface area contributed by atoms with E-state index in [1.165, 1.54) is 11.8 Å². The number of aromatic carboxylic acids is 1. The first-order valence-electron chi connectivity index (χ1n) is 5.64. The van der Waals surface area contributed by atoms with Crippen molar-refractivity contribution < 1.29 is 9.90 Å². The molecule has 1 N–H and O–H groups in total. The summed E-state index contributed by atoms with van der Waals surface area (Å²) in [6.45, 7) is 1.98. The van der Waals surface area contributed by atoms with E-state index in [9.17, 15) is 4.79 Å².